The van der Waals surface area contributed by atoms with Crippen LogP contribution in [0, 0.1) is 6.92 Å². The van der Waals surface area contributed by atoms with Crippen molar-refractivity contribution in [2.24, 2.45) is 0 Å². The number of carbonyl (C=O) groups is 3. The van der Waals surface area contributed by atoms with Gasteiger partial charge in [0.25, 0.3) is 5.91 Å². The summed E-state index contributed by atoms with van der Waals surface area (Å²) in [5, 5.41) is 2.93. The summed E-state index contributed by atoms with van der Waals surface area (Å²) < 4.78 is 1.83. The van der Waals surface area contributed by atoms with Crippen LogP contribution in [0.5, 0.6) is 0 Å². The highest BCUT2D eigenvalue weighted by Crippen LogP contribution is 2.39. The maximum absolute atomic E-state index is 13.3. The predicted octanol–water partition coefficient (Wildman–Crippen LogP) is 3.85. The van der Waals surface area contributed by atoms with Crippen LogP contribution in [0.3, 0.4) is 0 Å². The summed E-state index contributed by atoms with van der Waals surface area (Å²) in [7, 11) is 1.67. The molecule has 5 rings (SSSR count). The fraction of sp³-hybridized carbons (Fsp3) is 0.360. The van der Waals surface area contributed by atoms with Crippen LogP contribution in [0.2, 0.25) is 0 Å². The molecule has 170 valence electrons. The lowest BCUT2D eigenvalue weighted by Gasteiger charge is -2.35. The van der Waals surface area contributed by atoms with Crippen molar-refractivity contribution >= 4 is 29.3 Å². The molecule has 0 bridgehead atoms. The fourth-order valence-electron chi connectivity index (χ4n) is 5.11. The van der Waals surface area contributed by atoms with Crippen molar-refractivity contribution in [1.82, 2.24) is 19.2 Å². The normalized spacial score (nSPS) is 17.9. The maximum atomic E-state index is 13.3. The molecular weight excluding hydrogens is 418 g/mol. The van der Waals surface area contributed by atoms with Crippen molar-refractivity contribution < 1.29 is 14.4 Å². The number of anilines is 1. The Morgan fingerprint density at radius 1 is 1.06 bits per heavy atom. The summed E-state index contributed by atoms with van der Waals surface area (Å²) in [5.41, 5.74) is 2.41. The third kappa shape index (κ3) is 3.37. The van der Waals surface area contributed by atoms with Crippen LogP contribution < -0.4 is 5.32 Å². The number of carbonyl (C=O) groups excluding carboxylic acids is 3. The fourth-order valence-corrected chi connectivity index (χ4v) is 5.11. The molecule has 2 aliphatic rings. The lowest BCUT2D eigenvalue weighted by Crippen LogP contribution is -2.49. The standard InChI is InChI=1S/C25H27N5O3/c1-17-10-9-15-29-21(17)27-20(18-11-5-3-6-12-18)22(29)26-19(31)16-30-23(32)25(28(2)24(30)33)13-7-4-8-14-25/h3,5-6,9-12,15H,4,7-8,13-14,16H2,1-2H3,(H,26,31). The van der Waals surface area contributed by atoms with Gasteiger partial charge in [-0.2, -0.15) is 0 Å². The Hall–Kier alpha value is -3.68. The third-order valence-corrected chi connectivity index (χ3v) is 6.94. The Labute approximate surface area is 192 Å². The average molecular weight is 446 g/mol. The topological polar surface area (TPSA) is 87.0 Å². The van der Waals surface area contributed by atoms with Crippen LogP contribution in [0.1, 0.15) is 37.7 Å². The number of aromatic nitrogens is 2. The van der Waals surface area contributed by atoms with Crippen molar-refractivity contribution in [2.75, 3.05) is 18.9 Å². The van der Waals surface area contributed by atoms with Gasteiger partial charge in [-0.15, -0.1) is 0 Å². The van der Waals surface area contributed by atoms with Gasteiger partial charge >= 0.3 is 6.03 Å². The predicted molar refractivity (Wildman–Crippen MR) is 125 cm³/mol. The average Bonchev–Trinajstić information content (AvgIpc) is 3.28. The molecule has 8 nitrogen and oxygen atoms in total. The minimum atomic E-state index is -0.800. The molecule has 1 saturated carbocycles. The molecule has 1 aliphatic carbocycles. The molecule has 33 heavy (non-hydrogen) atoms. The van der Waals surface area contributed by atoms with Crippen molar-refractivity contribution in [3.8, 4) is 11.3 Å². The number of fused-ring (bicyclic) bond motifs is 1. The molecule has 8 heteroatoms. The molecule has 2 fully saturated rings. The number of amides is 4. The van der Waals surface area contributed by atoms with E-state index in [1.807, 2.05) is 60.0 Å². The smallest absolute Gasteiger partial charge is 0.313 e. The number of benzene rings is 1. The molecular formula is C25H27N5O3. The monoisotopic (exact) mass is 445 g/mol. The molecule has 1 aromatic carbocycles. The number of likely N-dealkylation sites (N-methyl/N-ethyl adjacent to an activating group) is 1. The number of rotatable bonds is 4. The zero-order valence-electron chi connectivity index (χ0n) is 18.9. The molecule has 0 radical (unpaired) electrons. The first-order chi connectivity index (χ1) is 15.9. The highest BCUT2D eigenvalue weighted by atomic mass is 16.2. The molecule has 3 aromatic rings. The molecule has 1 saturated heterocycles. The highest BCUT2D eigenvalue weighted by Gasteiger charge is 2.55. The van der Waals surface area contributed by atoms with Crippen LogP contribution in [-0.4, -0.2) is 56.2 Å². The van der Waals surface area contributed by atoms with E-state index >= 15 is 0 Å². The Balaban J connectivity index is 1.45. The van der Waals surface area contributed by atoms with Crippen LogP contribution in [0.25, 0.3) is 16.9 Å². The number of imide groups is 1. The molecule has 1 N–H and O–H groups in total. The van der Waals surface area contributed by atoms with Gasteiger partial charge in [0, 0.05) is 18.8 Å². The molecule has 0 atom stereocenters. The summed E-state index contributed by atoms with van der Waals surface area (Å²) in [6.45, 7) is 1.64. The second-order valence-electron chi connectivity index (χ2n) is 8.93. The van der Waals surface area contributed by atoms with Gasteiger partial charge in [0.1, 0.15) is 29.2 Å². The van der Waals surface area contributed by atoms with Crippen LogP contribution >= 0.6 is 0 Å². The van der Waals surface area contributed by atoms with E-state index in [-0.39, 0.29) is 12.5 Å². The van der Waals surface area contributed by atoms with Crippen molar-refractivity contribution in [3.63, 3.8) is 0 Å². The number of nitrogens with one attached hydrogen (secondary N) is 1. The summed E-state index contributed by atoms with van der Waals surface area (Å²) in [6, 6.07) is 13.1. The number of aryl methyl sites for hydroxylation is 1. The first-order valence-electron chi connectivity index (χ1n) is 11.3. The van der Waals surface area contributed by atoms with Gasteiger partial charge in [0.15, 0.2) is 0 Å². The minimum absolute atomic E-state index is 0.262. The lowest BCUT2D eigenvalue weighted by molar-refractivity contribution is -0.136. The van der Waals surface area contributed by atoms with E-state index in [1.54, 1.807) is 7.05 Å². The number of imidazole rings is 1. The largest absolute Gasteiger partial charge is 0.327 e. The van der Waals surface area contributed by atoms with E-state index in [4.69, 9.17) is 4.98 Å². The van der Waals surface area contributed by atoms with Gasteiger partial charge in [-0.25, -0.2) is 9.78 Å². The van der Waals surface area contributed by atoms with Gasteiger partial charge in [0.2, 0.25) is 5.91 Å². The Bertz CT molecular complexity index is 1240. The van der Waals surface area contributed by atoms with Crippen molar-refractivity contribution in [3.05, 3.63) is 54.2 Å². The van der Waals surface area contributed by atoms with E-state index in [1.165, 1.54) is 4.90 Å². The highest BCUT2D eigenvalue weighted by molar-refractivity contribution is 6.10. The van der Waals surface area contributed by atoms with E-state index in [0.29, 0.717) is 24.4 Å². The quantitative estimate of drug-likeness (QED) is 0.618. The van der Waals surface area contributed by atoms with E-state index < -0.39 is 17.5 Å². The summed E-state index contributed by atoms with van der Waals surface area (Å²) in [6.07, 6.45) is 6.02. The number of pyridine rings is 1. The Morgan fingerprint density at radius 3 is 2.52 bits per heavy atom. The Morgan fingerprint density at radius 2 is 1.79 bits per heavy atom. The van der Waals surface area contributed by atoms with Crippen LogP contribution in [0.4, 0.5) is 10.6 Å². The summed E-state index contributed by atoms with van der Waals surface area (Å²) in [5.74, 6) is -0.176. The second kappa shape index (κ2) is 8.03. The van der Waals surface area contributed by atoms with Gasteiger partial charge in [0.05, 0.1) is 0 Å². The SMILES string of the molecule is Cc1cccn2c(NC(=O)CN3C(=O)N(C)C4(CCCCC4)C3=O)c(-c3ccccc3)nc12. The van der Waals surface area contributed by atoms with Crippen molar-refractivity contribution in [2.45, 2.75) is 44.6 Å². The van der Waals surface area contributed by atoms with Crippen LogP contribution in [0.15, 0.2) is 48.7 Å². The molecule has 1 aliphatic heterocycles. The zero-order valence-corrected chi connectivity index (χ0v) is 18.9. The minimum Gasteiger partial charge on any atom is -0.313 e. The first-order valence-corrected chi connectivity index (χ1v) is 11.3. The molecule has 2 aromatic heterocycles. The third-order valence-electron chi connectivity index (χ3n) is 6.94. The van der Waals surface area contributed by atoms with E-state index in [2.05, 4.69) is 5.32 Å². The number of urea groups is 1. The lowest BCUT2D eigenvalue weighted by atomic mass is 9.81. The van der Waals surface area contributed by atoms with Gasteiger partial charge in [-0.05, 0) is 31.4 Å². The van der Waals surface area contributed by atoms with Crippen LogP contribution in [-0.2, 0) is 9.59 Å². The molecule has 3 heterocycles. The number of hydrogen-bond donors (Lipinski definition) is 1. The number of hydrogen-bond acceptors (Lipinski definition) is 4. The molecule has 1 spiro atoms. The first kappa shape index (κ1) is 21.2. The maximum Gasteiger partial charge on any atom is 0.327 e. The number of nitrogens with zero attached hydrogens (tertiary/aromatic N) is 4. The summed E-state index contributed by atoms with van der Waals surface area (Å²) in [4.78, 5) is 46.7. The van der Waals surface area contributed by atoms with E-state index in [0.717, 1.165) is 40.9 Å². The zero-order chi connectivity index (χ0) is 23.2. The summed E-state index contributed by atoms with van der Waals surface area (Å²) >= 11 is 0. The molecule has 4 amide bonds. The Kier molecular flexibility index (Phi) is 5.15. The van der Waals surface area contributed by atoms with Crippen molar-refractivity contribution in [1.29, 1.82) is 0 Å². The van der Waals surface area contributed by atoms with Gasteiger partial charge < -0.3 is 10.2 Å². The molecule has 0 unspecified atom stereocenters. The van der Waals surface area contributed by atoms with E-state index in [9.17, 15) is 14.4 Å². The van der Waals surface area contributed by atoms with Gasteiger partial charge in [-0.3, -0.25) is 18.9 Å². The van der Waals surface area contributed by atoms with Gasteiger partial charge in [-0.1, -0.05) is 55.7 Å². The second-order valence-corrected chi connectivity index (χ2v) is 8.93.